The lowest BCUT2D eigenvalue weighted by atomic mass is 10.2. The van der Waals surface area contributed by atoms with Crippen molar-refractivity contribution in [2.75, 3.05) is 6.61 Å². The smallest absolute Gasteiger partial charge is 0.378 e. The van der Waals surface area contributed by atoms with Crippen LogP contribution in [0.1, 0.15) is 17.5 Å². The fraction of sp³-hybridized carbons (Fsp3) is 0.250. The van der Waals surface area contributed by atoms with E-state index in [2.05, 4.69) is 48.6 Å². The average Bonchev–Trinajstić information content (AvgIpc) is 2.75. The first-order valence-electron chi connectivity index (χ1n) is 5.56. The molecule has 0 unspecified atom stereocenters. The lowest BCUT2D eigenvalue weighted by molar-refractivity contribution is 0.0512. The van der Waals surface area contributed by atoms with Gasteiger partial charge in [-0.1, -0.05) is 15.9 Å². The van der Waals surface area contributed by atoms with Gasteiger partial charge in [-0.05, 0) is 47.7 Å². The first-order chi connectivity index (χ1) is 9.02. The molecule has 0 aliphatic carbocycles. The van der Waals surface area contributed by atoms with Crippen LogP contribution in [0.4, 0.5) is 0 Å². The highest BCUT2D eigenvalue weighted by Gasteiger charge is 2.18. The predicted molar refractivity (Wildman–Crippen MR) is 82.8 cm³/mol. The van der Waals surface area contributed by atoms with Crippen molar-refractivity contribution in [1.82, 2.24) is 14.8 Å². The van der Waals surface area contributed by atoms with E-state index in [1.54, 1.807) is 18.7 Å². The fourth-order valence-corrected chi connectivity index (χ4v) is 2.51. The van der Waals surface area contributed by atoms with E-state index in [0.717, 1.165) is 13.6 Å². The van der Waals surface area contributed by atoms with E-state index < -0.39 is 5.97 Å². The van der Waals surface area contributed by atoms with Crippen molar-refractivity contribution in [3.05, 3.63) is 32.1 Å². The lowest BCUT2D eigenvalue weighted by Crippen LogP contribution is -2.07. The quantitative estimate of drug-likeness (QED) is 0.549. The molecule has 1 aromatic heterocycles. The Bertz CT molecular complexity index is 627. The van der Waals surface area contributed by atoms with E-state index in [0.29, 0.717) is 12.4 Å². The molecule has 0 N–H and O–H groups in total. The Balaban J connectivity index is 2.46. The lowest BCUT2D eigenvalue weighted by Gasteiger charge is -2.03. The molecule has 2 aromatic rings. The van der Waals surface area contributed by atoms with Gasteiger partial charge in [0, 0.05) is 20.7 Å². The summed E-state index contributed by atoms with van der Waals surface area (Å²) in [5.74, 6) is 0.207. The molecule has 0 aliphatic rings. The van der Waals surface area contributed by atoms with Crippen LogP contribution in [0.3, 0.4) is 0 Å². The topological polar surface area (TPSA) is 57.0 Å². The van der Waals surface area contributed by atoms with Crippen LogP contribution in [0.5, 0.6) is 0 Å². The van der Waals surface area contributed by atoms with Gasteiger partial charge >= 0.3 is 5.97 Å². The largest absolute Gasteiger partial charge is 0.460 e. The SMILES string of the molecule is CCOC(=O)c1nc(-c2cc(Br)ccc2I)n(C)n1. The molecule has 100 valence electrons. The maximum absolute atomic E-state index is 11.6. The summed E-state index contributed by atoms with van der Waals surface area (Å²) in [5.41, 5.74) is 0.917. The third-order valence-corrected chi connectivity index (χ3v) is 3.82. The van der Waals surface area contributed by atoms with Gasteiger partial charge < -0.3 is 4.74 Å². The maximum Gasteiger partial charge on any atom is 0.378 e. The van der Waals surface area contributed by atoms with Gasteiger partial charge in [-0.15, -0.1) is 5.10 Å². The summed E-state index contributed by atoms with van der Waals surface area (Å²) in [5, 5.41) is 4.09. The Hall–Kier alpha value is -0.960. The van der Waals surface area contributed by atoms with Crippen LogP contribution >= 0.6 is 38.5 Å². The Morgan fingerprint density at radius 2 is 2.26 bits per heavy atom. The van der Waals surface area contributed by atoms with Crippen LogP contribution in [0, 0.1) is 3.57 Å². The number of nitrogens with zero attached hydrogens (tertiary/aromatic N) is 3. The summed E-state index contributed by atoms with van der Waals surface area (Å²) in [4.78, 5) is 15.9. The maximum atomic E-state index is 11.6. The minimum absolute atomic E-state index is 0.0788. The van der Waals surface area contributed by atoms with Crippen molar-refractivity contribution in [3.63, 3.8) is 0 Å². The van der Waals surface area contributed by atoms with Crippen LogP contribution in [0.15, 0.2) is 22.7 Å². The third kappa shape index (κ3) is 3.14. The number of hydrogen-bond donors (Lipinski definition) is 0. The highest BCUT2D eigenvalue weighted by atomic mass is 127. The fourth-order valence-electron chi connectivity index (χ4n) is 1.57. The molecule has 2 rings (SSSR count). The van der Waals surface area contributed by atoms with Crippen molar-refractivity contribution >= 4 is 44.5 Å². The van der Waals surface area contributed by atoms with Crippen molar-refractivity contribution in [3.8, 4) is 11.4 Å². The minimum atomic E-state index is -0.505. The second-order valence-electron chi connectivity index (χ2n) is 3.73. The predicted octanol–water partition coefficient (Wildman–Crippen LogP) is 3.03. The number of aromatic nitrogens is 3. The first kappa shape index (κ1) is 14.4. The molecule has 0 bridgehead atoms. The Kier molecular flexibility index (Phi) is 4.56. The zero-order valence-electron chi connectivity index (χ0n) is 10.4. The number of rotatable bonds is 3. The van der Waals surface area contributed by atoms with Gasteiger partial charge in [0.05, 0.1) is 6.61 Å². The molecule has 0 atom stereocenters. The van der Waals surface area contributed by atoms with E-state index in [-0.39, 0.29) is 5.82 Å². The number of carbonyl (C=O) groups excluding carboxylic acids is 1. The van der Waals surface area contributed by atoms with E-state index in [1.807, 2.05) is 18.2 Å². The summed E-state index contributed by atoms with van der Waals surface area (Å²) in [7, 11) is 1.75. The summed E-state index contributed by atoms with van der Waals surface area (Å²) < 4.78 is 8.46. The highest BCUT2D eigenvalue weighted by molar-refractivity contribution is 14.1. The van der Waals surface area contributed by atoms with Gasteiger partial charge in [-0.2, -0.15) is 0 Å². The molecule has 5 nitrogen and oxygen atoms in total. The Morgan fingerprint density at radius 3 is 2.95 bits per heavy atom. The zero-order chi connectivity index (χ0) is 14.0. The normalized spacial score (nSPS) is 10.5. The Morgan fingerprint density at radius 1 is 1.53 bits per heavy atom. The van der Waals surface area contributed by atoms with Crippen molar-refractivity contribution in [2.24, 2.45) is 7.05 Å². The molecule has 1 aromatic carbocycles. The minimum Gasteiger partial charge on any atom is -0.460 e. The van der Waals surface area contributed by atoms with Crippen LogP contribution in [0.2, 0.25) is 0 Å². The molecular formula is C12H11BrIN3O2. The van der Waals surface area contributed by atoms with Gasteiger partial charge in [0.25, 0.3) is 5.82 Å². The number of benzene rings is 1. The van der Waals surface area contributed by atoms with Gasteiger partial charge in [0.15, 0.2) is 5.82 Å². The number of aryl methyl sites for hydroxylation is 1. The zero-order valence-corrected chi connectivity index (χ0v) is 14.1. The second-order valence-corrected chi connectivity index (χ2v) is 5.81. The number of halogens is 2. The number of ether oxygens (including phenoxy) is 1. The summed E-state index contributed by atoms with van der Waals surface area (Å²) in [6, 6.07) is 5.87. The molecule has 7 heteroatoms. The molecule has 0 saturated heterocycles. The van der Waals surface area contributed by atoms with Gasteiger partial charge in [0.2, 0.25) is 0 Å². The third-order valence-electron chi connectivity index (χ3n) is 2.39. The van der Waals surface area contributed by atoms with E-state index in [4.69, 9.17) is 4.74 Å². The van der Waals surface area contributed by atoms with Crippen LogP contribution in [-0.2, 0) is 11.8 Å². The van der Waals surface area contributed by atoms with Crippen molar-refractivity contribution < 1.29 is 9.53 Å². The molecule has 0 radical (unpaired) electrons. The van der Waals surface area contributed by atoms with E-state index in [9.17, 15) is 4.79 Å². The summed E-state index contributed by atoms with van der Waals surface area (Å²) in [6.45, 7) is 2.06. The monoisotopic (exact) mass is 435 g/mol. The summed E-state index contributed by atoms with van der Waals surface area (Å²) in [6.07, 6.45) is 0. The molecule has 0 saturated carbocycles. The van der Waals surface area contributed by atoms with Gasteiger partial charge in [-0.3, -0.25) is 0 Å². The number of carbonyl (C=O) groups is 1. The first-order valence-corrected chi connectivity index (χ1v) is 7.43. The van der Waals surface area contributed by atoms with Crippen LogP contribution < -0.4 is 0 Å². The Labute approximate surface area is 132 Å². The molecular weight excluding hydrogens is 425 g/mol. The molecule has 0 amide bonds. The highest BCUT2D eigenvalue weighted by Crippen LogP contribution is 2.26. The summed E-state index contributed by atoms with van der Waals surface area (Å²) >= 11 is 5.65. The van der Waals surface area contributed by atoms with E-state index in [1.165, 1.54) is 0 Å². The van der Waals surface area contributed by atoms with Crippen molar-refractivity contribution in [1.29, 1.82) is 0 Å². The molecule has 19 heavy (non-hydrogen) atoms. The van der Waals surface area contributed by atoms with Crippen LogP contribution in [0.25, 0.3) is 11.4 Å². The molecule has 0 aliphatic heterocycles. The van der Waals surface area contributed by atoms with E-state index >= 15 is 0 Å². The second kappa shape index (κ2) is 6.00. The molecule has 0 spiro atoms. The van der Waals surface area contributed by atoms with Crippen molar-refractivity contribution in [2.45, 2.75) is 6.92 Å². The molecule has 1 heterocycles. The molecule has 0 fully saturated rings. The standard InChI is InChI=1S/C12H11BrIN3O2/c1-3-19-12(18)10-15-11(17(2)16-10)8-6-7(13)4-5-9(8)14/h4-6H,3H2,1-2H3. The number of hydrogen-bond acceptors (Lipinski definition) is 4. The van der Waals surface area contributed by atoms with Gasteiger partial charge in [0.1, 0.15) is 0 Å². The van der Waals surface area contributed by atoms with Gasteiger partial charge in [-0.25, -0.2) is 14.5 Å². The number of esters is 1. The average molecular weight is 436 g/mol. The van der Waals surface area contributed by atoms with Crippen LogP contribution in [-0.4, -0.2) is 27.3 Å².